The van der Waals surface area contributed by atoms with Gasteiger partial charge in [0.2, 0.25) is 0 Å². The zero-order valence-electron chi connectivity index (χ0n) is 13.3. The molecule has 0 rings (SSSR count). The number of esters is 1. The zero-order valence-corrected chi connectivity index (χ0v) is 14.1. The summed E-state index contributed by atoms with van der Waals surface area (Å²) in [5.74, 6) is 2.93. The smallest absolute Gasteiger partial charge is 0.326 e. The minimum absolute atomic E-state index is 0.114. The molecule has 1 atom stereocenters. The maximum absolute atomic E-state index is 12.1. The molecule has 0 bridgehead atoms. The molecule has 19 heavy (non-hydrogen) atoms. The quantitative estimate of drug-likeness (QED) is 0.467. The molecule has 1 unspecified atom stereocenters. The van der Waals surface area contributed by atoms with Crippen molar-refractivity contribution in [1.29, 1.82) is 0 Å². The van der Waals surface area contributed by atoms with Gasteiger partial charge in [-0.2, -0.15) is 11.8 Å². The van der Waals surface area contributed by atoms with Gasteiger partial charge in [-0.1, -0.05) is 20.8 Å². The van der Waals surface area contributed by atoms with Crippen LogP contribution < -0.4 is 5.32 Å². The van der Waals surface area contributed by atoms with Crippen LogP contribution in [0.5, 0.6) is 0 Å². The Labute approximate surface area is 123 Å². The molecule has 3 nitrogen and oxygen atoms in total. The second-order valence-electron chi connectivity index (χ2n) is 5.55. The second-order valence-corrected chi connectivity index (χ2v) is 6.70. The van der Waals surface area contributed by atoms with Gasteiger partial charge < -0.3 is 10.1 Å². The maximum Gasteiger partial charge on any atom is 0.326 e. The van der Waals surface area contributed by atoms with Crippen LogP contribution in [0, 0.1) is 5.92 Å². The van der Waals surface area contributed by atoms with Gasteiger partial charge in [-0.3, -0.25) is 4.79 Å². The van der Waals surface area contributed by atoms with E-state index in [4.69, 9.17) is 4.74 Å². The molecule has 0 fully saturated rings. The zero-order chi connectivity index (χ0) is 14.7. The summed E-state index contributed by atoms with van der Waals surface area (Å²) in [6.45, 7) is 11.7. The largest absolute Gasteiger partial charge is 0.465 e. The average molecular weight is 289 g/mol. The van der Waals surface area contributed by atoms with Gasteiger partial charge in [0.05, 0.1) is 6.61 Å². The van der Waals surface area contributed by atoms with Crippen LogP contribution in [0.4, 0.5) is 0 Å². The summed E-state index contributed by atoms with van der Waals surface area (Å²) in [5.41, 5.74) is -0.523. The van der Waals surface area contributed by atoms with Crippen molar-refractivity contribution >= 4 is 17.7 Å². The molecule has 4 heteroatoms. The molecular formula is C15H31NO2S. The molecule has 0 aliphatic heterocycles. The summed E-state index contributed by atoms with van der Waals surface area (Å²) < 4.78 is 5.19. The second kappa shape index (κ2) is 10.6. The highest BCUT2D eigenvalue weighted by Crippen LogP contribution is 2.18. The van der Waals surface area contributed by atoms with Crippen LogP contribution in [0.2, 0.25) is 0 Å². The molecule has 0 amide bonds. The molecule has 114 valence electrons. The van der Waals surface area contributed by atoms with Gasteiger partial charge in [0, 0.05) is 0 Å². The monoisotopic (exact) mass is 289 g/mol. The van der Waals surface area contributed by atoms with Gasteiger partial charge in [-0.15, -0.1) is 0 Å². The summed E-state index contributed by atoms with van der Waals surface area (Å²) >= 11 is 1.97. The van der Waals surface area contributed by atoms with Gasteiger partial charge >= 0.3 is 5.97 Å². The molecule has 0 saturated heterocycles. The Bertz CT molecular complexity index is 246. The summed E-state index contributed by atoms with van der Waals surface area (Å²) in [4.78, 5) is 12.1. The number of thioether (sulfide) groups is 1. The molecule has 0 heterocycles. The van der Waals surface area contributed by atoms with E-state index in [0.29, 0.717) is 6.61 Å². The van der Waals surface area contributed by atoms with Crippen molar-refractivity contribution in [3.63, 3.8) is 0 Å². The Balaban J connectivity index is 4.15. The van der Waals surface area contributed by atoms with Gasteiger partial charge in [-0.05, 0) is 57.1 Å². The lowest BCUT2D eigenvalue weighted by atomic mass is 9.96. The average Bonchev–Trinajstić information content (AvgIpc) is 2.36. The number of carbonyl (C=O) groups is 1. The highest BCUT2D eigenvalue weighted by Gasteiger charge is 2.33. The van der Waals surface area contributed by atoms with Crippen molar-refractivity contribution in [1.82, 2.24) is 5.32 Å². The van der Waals surface area contributed by atoms with E-state index in [1.165, 1.54) is 5.75 Å². The van der Waals surface area contributed by atoms with E-state index >= 15 is 0 Å². The Morgan fingerprint density at radius 1 is 1.37 bits per heavy atom. The summed E-state index contributed by atoms with van der Waals surface area (Å²) in [7, 11) is 0. The van der Waals surface area contributed by atoms with Crippen molar-refractivity contribution in [3.05, 3.63) is 0 Å². The molecule has 0 aromatic heterocycles. The van der Waals surface area contributed by atoms with Crippen molar-refractivity contribution in [2.75, 3.05) is 24.7 Å². The molecule has 0 saturated carbocycles. The first-order chi connectivity index (χ1) is 8.96. The summed E-state index contributed by atoms with van der Waals surface area (Å²) in [5, 5.41) is 3.35. The predicted octanol–water partition coefficient (Wildman–Crippen LogP) is 3.48. The van der Waals surface area contributed by atoms with Crippen LogP contribution in [0.1, 0.15) is 53.9 Å². The van der Waals surface area contributed by atoms with Crippen LogP contribution in [0.25, 0.3) is 0 Å². The number of hydrogen-bond donors (Lipinski definition) is 1. The Hall–Kier alpha value is -0.220. The lowest BCUT2D eigenvalue weighted by Gasteiger charge is -2.28. The van der Waals surface area contributed by atoms with E-state index in [1.807, 2.05) is 25.6 Å². The molecule has 0 aliphatic rings. The summed E-state index contributed by atoms with van der Waals surface area (Å²) in [6.07, 6.45) is 2.91. The van der Waals surface area contributed by atoms with Crippen molar-refractivity contribution in [2.45, 2.75) is 59.4 Å². The number of nitrogens with one attached hydrogen (secondary N) is 1. The first kappa shape index (κ1) is 18.8. The maximum atomic E-state index is 12.1. The van der Waals surface area contributed by atoms with Gasteiger partial charge in [0.15, 0.2) is 0 Å². The third kappa shape index (κ3) is 8.53. The molecular weight excluding hydrogens is 258 g/mol. The number of carbonyl (C=O) groups excluding carboxylic acids is 1. The first-order valence-electron chi connectivity index (χ1n) is 7.46. The Morgan fingerprint density at radius 3 is 2.58 bits per heavy atom. The fourth-order valence-electron chi connectivity index (χ4n) is 1.80. The molecule has 0 aromatic rings. The van der Waals surface area contributed by atoms with Crippen molar-refractivity contribution in [3.8, 4) is 0 Å². The molecule has 0 aliphatic carbocycles. The van der Waals surface area contributed by atoms with E-state index in [2.05, 4.69) is 26.1 Å². The van der Waals surface area contributed by atoms with E-state index in [-0.39, 0.29) is 5.97 Å². The third-order valence-electron chi connectivity index (χ3n) is 2.91. The lowest BCUT2D eigenvalue weighted by molar-refractivity contribution is -0.150. The minimum atomic E-state index is -0.523. The third-order valence-corrected chi connectivity index (χ3v) is 4.39. The normalized spacial score (nSPS) is 14.4. The highest BCUT2D eigenvalue weighted by atomic mass is 32.2. The lowest BCUT2D eigenvalue weighted by Crippen LogP contribution is -2.50. The van der Waals surface area contributed by atoms with Crippen LogP contribution in [0.3, 0.4) is 0 Å². The molecule has 0 aromatic carbocycles. The van der Waals surface area contributed by atoms with Crippen LogP contribution in [-0.2, 0) is 9.53 Å². The van der Waals surface area contributed by atoms with Crippen LogP contribution in [0.15, 0.2) is 0 Å². The van der Waals surface area contributed by atoms with E-state index < -0.39 is 5.54 Å². The van der Waals surface area contributed by atoms with Gasteiger partial charge in [0.25, 0.3) is 0 Å². The van der Waals surface area contributed by atoms with Gasteiger partial charge in [0.1, 0.15) is 5.54 Å². The predicted molar refractivity (Wildman–Crippen MR) is 84.7 cm³/mol. The molecule has 0 radical (unpaired) electrons. The van der Waals surface area contributed by atoms with Crippen LogP contribution in [-0.4, -0.2) is 36.2 Å². The highest BCUT2D eigenvalue weighted by molar-refractivity contribution is 7.99. The Morgan fingerprint density at radius 2 is 2.05 bits per heavy atom. The van der Waals surface area contributed by atoms with E-state index in [0.717, 1.165) is 37.5 Å². The summed E-state index contributed by atoms with van der Waals surface area (Å²) in [6, 6.07) is 0. The minimum Gasteiger partial charge on any atom is -0.465 e. The van der Waals surface area contributed by atoms with Gasteiger partial charge in [-0.25, -0.2) is 0 Å². The fourth-order valence-corrected chi connectivity index (χ4v) is 2.79. The SMILES string of the molecule is CCCNC(C)(CCCSCC(C)C)C(=O)OCC. The number of hydrogen-bond acceptors (Lipinski definition) is 4. The first-order valence-corrected chi connectivity index (χ1v) is 8.61. The standard InChI is InChI=1S/C15H31NO2S/c1-6-10-16-15(5,14(17)18-7-2)9-8-11-19-12-13(3)4/h13,16H,6-12H2,1-5H3. The van der Waals surface area contributed by atoms with E-state index in [9.17, 15) is 4.79 Å². The number of rotatable bonds is 11. The van der Waals surface area contributed by atoms with E-state index in [1.54, 1.807) is 0 Å². The topological polar surface area (TPSA) is 38.3 Å². The van der Waals surface area contributed by atoms with Crippen molar-refractivity contribution in [2.24, 2.45) is 5.92 Å². The fraction of sp³-hybridized carbons (Fsp3) is 0.933. The van der Waals surface area contributed by atoms with Crippen LogP contribution >= 0.6 is 11.8 Å². The molecule has 0 spiro atoms. The molecule has 1 N–H and O–H groups in total. The number of ether oxygens (including phenoxy) is 1. The Kier molecular flexibility index (Phi) is 10.4. The van der Waals surface area contributed by atoms with Crippen molar-refractivity contribution < 1.29 is 9.53 Å².